The smallest absolute Gasteiger partial charge is 0.257 e. The van der Waals surface area contributed by atoms with E-state index in [9.17, 15) is 4.79 Å². The van der Waals surface area contributed by atoms with E-state index in [1.807, 2.05) is 19.1 Å². The van der Waals surface area contributed by atoms with Crippen molar-refractivity contribution in [3.63, 3.8) is 0 Å². The summed E-state index contributed by atoms with van der Waals surface area (Å²) in [7, 11) is 0. The molecule has 18 heavy (non-hydrogen) atoms. The van der Waals surface area contributed by atoms with Crippen molar-refractivity contribution >= 4 is 5.91 Å². The molecule has 1 rings (SSSR count). The monoisotopic (exact) mass is 246 g/mol. The van der Waals surface area contributed by atoms with Crippen LogP contribution in [-0.4, -0.2) is 19.1 Å². The van der Waals surface area contributed by atoms with Crippen molar-refractivity contribution in [1.82, 2.24) is 5.32 Å². The van der Waals surface area contributed by atoms with E-state index < -0.39 is 0 Å². The van der Waals surface area contributed by atoms with Gasteiger partial charge >= 0.3 is 0 Å². The fourth-order valence-electron chi connectivity index (χ4n) is 1.42. The number of nitriles is 1. The Morgan fingerprint density at radius 2 is 2.28 bits per heavy atom. The first kappa shape index (κ1) is 14.0. The minimum Gasteiger partial charge on any atom is -0.483 e. The number of hydrogen-bond acceptors (Lipinski definition) is 3. The third-order valence-electron chi connectivity index (χ3n) is 2.53. The maximum Gasteiger partial charge on any atom is 0.257 e. The number of aryl methyl sites for hydroxylation is 1. The predicted octanol–water partition coefficient (Wildman–Crippen LogP) is 2.16. The second kappa shape index (κ2) is 7.33. The molecule has 0 radical (unpaired) electrons. The van der Waals surface area contributed by atoms with Gasteiger partial charge in [0.2, 0.25) is 0 Å². The Labute approximate surface area is 108 Å². The van der Waals surface area contributed by atoms with Crippen LogP contribution in [0.3, 0.4) is 0 Å². The molecule has 0 saturated heterocycles. The molecule has 0 saturated carbocycles. The zero-order valence-corrected chi connectivity index (χ0v) is 10.8. The molecular formula is C14H18N2O2. The molecule has 0 aliphatic heterocycles. The normalized spacial score (nSPS) is 9.61. The summed E-state index contributed by atoms with van der Waals surface area (Å²) in [6, 6.07) is 7.23. The van der Waals surface area contributed by atoms with Gasteiger partial charge in [-0.3, -0.25) is 4.79 Å². The average Bonchev–Trinajstić information content (AvgIpc) is 2.38. The average molecular weight is 246 g/mol. The number of carbonyl (C=O) groups excluding carboxylic acids is 1. The first-order chi connectivity index (χ1) is 8.67. The van der Waals surface area contributed by atoms with Gasteiger partial charge in [-0.25, -0.2) is 0 Å². The number of amides is 1. The zero-order valence-electron chi connectivity index (χ0n) is 10.8. The summed E-state index contributed by atoms with van der Waals surface area (Å²) in [6.45, 7) is 4.61. The summed E-state index contributed by atoms with van der Waals surface area (Å²) < 4.78 is 5.41. The zero-order chi connectivity index (χ0) is 13.4. The van der Waals surface area contributed by atoms with Crippen LogP contribution in [0.4, 0.5) is 0 Å². The number of nitrogens with one attached hydrogen (secondary N) is 1. The van der Waals surface area contributed by atoms with Crippen molar-refractivity contribution in [2.45, 2.75) is 26.7 Å². The number of ether oxygens (including phenoxy) is 1. The van der Waals surface area contributed by atoms with E-state index in [4.69, 9.17) is 10.00 Å². The Bertz CT molecular complexity index is 450. The summed E-state index contributed by atoms with van der Waals surface area (Å²) in [6.07, 6.45) is 2.01. The van der Waals surface area contributed by atoms with Crippen LogP contribution in [0.2, 0.25) is 0 Å². The van der Waals surface area contributed by atoms with E-state index >= 15 is 0 Å². The highest BCUT2D eigenvalue weighted by atomic mass is 16.5. The summed E-state index contributed by atoms with van der Waals surface area (Å²) in [5.41, 5.74) is 1.44. The second-order valence-electron chi connectivity index (χ2n) is 4.08. The Kier molecular flexibility index (Phi) is 5.72. The Morgan fingerprint density at radius 1 is 1.50 bits per heavy atom. The molecular weight excluding hydrogens is 228 g/mol. The highest BCUT2D eigenvalue weighted by molar-refractivity contribution is 5.77. The molecule has 4 nitrogen and oxygen atoms in total. The van der Waals surface area contributed by atoms with Gasteiger partial charge in [0.25, 0.3) is 5.91 Å². The van der Waals surface area contributed by atoms with Crippen LogP contribution in [0.15, 0.2) is 18.2 Å². The number of nitrogens with zero attached hydrogens (tertiary/aromatic N) is 1. The van der Waals surface area contributed by atoms with Gasteiger partial charge in [0.15, 0.2) is 6.61 Å². The van der Waals surface area contributed by atoms with E-state index in [0.29, 0.717) is 17.9 Å². The molecule has 1 aromatic carbocycles. The lowest BCUT2D eigenvalue weighted by Crippen LogP contribution is -2.29. The largest absolute Gasteiger partial charge is 0.483 e. The molecule has 0 heterocycles. The molecule has 1 amide bonds. The number of rotatable bonds is 6. The second-order valence-corrected chi connectivity index (χ2v) is 4.08. The molecule has 0 unspecified atom stereocenters. The van der Waals surface area contributed by atoms with Crippen LogP contribution in [0.5, 0.6) is 5.75 Å². The Hall–Kier alpha value is -2.02. The van der Waals surface area contributed by atoms with Crippen LogP contribution in [-0.2, 0) is 4.79 Å². The molecule has 96 valence electrons. The van der Waals surface area contributed by atoms with Crippen LogP contribution >= 0.6 is 0 Å². The lowest BCUT2D eigenvalue weighted by atomic mass is 10.1. The van der Waals surface area contributed by atoms with Crippen molar-refractivity contribution in [3.05, 3.63) is 29.3 Å². The molecule has 0 aliphatic carbocycles. The minimum atomic E-state index is -0.134. The molecule has 1 N–H and O–H groups in total. The van der Waals surface area contributed by atoms with E-state index in [-0.39, 0.29) is 12.5 Å². The van der Waals surface area contributed by atoms with Gasteiger partial charge in [-0.2, -0.15) is 5.26 Å². The summed E-state index contributed by atoms with van der Waals surface area (Å²) in [5, 5.41) is 11.6. The van der Waals surface area contributed by atoms with Gasteiger partial charge in [0.05, 0.1) is 11.6 Å². The van der Waals surface area contributed by atoms with E-state index in [2.05, 4.69) is 12.2 Å². The SMILES string of the molecule is CCCCNC(=O)COc1cc(C#N)ccc1C. The fourth-order valence-corrected chi connectivity index (χ4v) is 1.42. The quantitative estimate of drug-likeness (QED) is 0.782. The molecule has 0 aromatic heterocycles. The van der Waals surface area contributed by atoms with Gasteiger partial charge in [-0.1, -0.05) is 19.4 Å². The lowest BCUT2D eigenvalue weighted by molar-refractivity contribution is -0.123. The van der Waals surface area contributed by atoms with Gasteiger partial charge in [0, 0.05) is 6.54 Å². The summed E-state index contributed by atoms with van der Waals surface area (Å²) in [5.74, 6) is 0.449. The first-order valence-corrected chi connectivity index (χ1v) is 6.07. The van der Waals surface area contributed by atoms with Crippen LogP contribution in [0.25, 0.3) is 0 Å². The maximum atomic E-state index is 11.5. The van der Waals surface area contributed by atoms with Crippen LogP contribution in [0, 0.1) is 18.3 Å². The summed E-state index contributed by atoms with van der Waals surface area (Å²) >= 11 is 0. The van der Waals surface area contributed by atoms with Gasteiger partial charge < -0.3 is 10.1 Å². The van der Waals surface area contributed by atoms with Crippen LogP contribution < -0.4 is 10.1 Å². The standard InChI is InChI=1S/C14H18N2O2/c1-3-4-7-16-14(17)10-18-13-8-12(9-15)6-5-11(13)2/h5-6,8H,3-4,7,10H2,1-2H3,(H,16,17). The minimum absolute atomic E-state index is 0.0144. The molecule has 4 heteroatoms. The highest BCUT2D eigenvalue weighted by Gasteiger charge is 2.05. The number of hydrogen-bond donors (Lipinski definition) is 1. The lowest BCUT2D eigenvalue weighted by Gasteiger charge is -2.09. The fraction of sp³-hybridized carbons (Fsp3) is 0.429. The topological polar surface area (TPSA) is 62.1 Å². The predicted molar refractivity (Wildman–Crippen MR) is 69.3 cm³/mol. The number of benzene rings is 1. The van der Waals surface area contributed by atoms with E-state index in [0.717, 1.165) is 18.4 Å². The number of carbonyl (C=O) groups is 1. The number of unbranched alkanes of at least 4 members (excludes halogenated alkanes) is 1. The third kappa shape index (κ3) is 4.46. The molecule has 0 spiro atoms. The maximum absolute atomic E-state index is 11.5. The Morgan fingerprint density at radius 3 is 2.94 bits per heavy atom. The van der Waals surface area contributed by atoms with Gasteiger partial charge in [-0.15, -0.1) is 0 Å². The van der Waals surface area contributed by atoms with Crippen molar-refractivity contribution in [2.24, 2.45) is 0 Å². The van der Waals surface area contributed by atoms with E-state index in [1.54, 1.807) is 12.1 Å². The van der Waals surface area contributed by atoms with Crippen molar-refractivity contribution in [1.29, 1.82) is 5.26 Å². The van der Waals surface area contributed by atoms with Gasteiger partial charge in [-0.05, 0) is 31.0 Å². The molecule has 0 bridgehead atoms. The van der Waals surface area contributed by atoms with Crippen molar-refractivity contribution < 1.29 is 9.53 Å². The first-order valence-electron chi connectivity index (χ1n) is 6.07. The van der Waals surface area contributed by atoms with Gasteiger partial charge in [0.1, 0.15) is 5.75 Å². The summed E-state index contributed by atoms with van der Waals surface area (Å²) in [4.78, 5) is 11.5. The van der Waals surface area contributed by atoms with Crippen molar-refractivity contribution in [2.75, 3.05) is 13.2 Å². The molecule has 0 aliphatic rings. The van der Waals surface area contributed by atoms with Crippen molar-refractivity contribution in [3.8, 4) is 11.8 Å². The molecule has 0 atom stereocenters. The molecule has 1 aromatic rings. The van der Waals surface area contributed by atoms with Crippen LogP contribution in [0.1, 0.15) is 30.9 Å². The Balaban J connectivity index is 2.48. The van der Waals surface area contributed by atoms with E-state index in [1.165, 1.54) is 0 Å². The molecule has 0 fully saturated rings. The highest BCUT2D eigenvalue weighted by Crippen LogP contribution is 2.18. The third-order valence-corrected chi connectivity index (χ3v) is 2.53.